The average Bonchev–Trinajstić information content (AvgIpc) is 2.29. The standard InChI is InChI=1S/C15H19BrN2O3/c1-9(7-13(19)18-15(2,3)4)21-14(20)11-8-10(16)5-6-12(11)17/h5-8H,17H2,1-4H3,(H,18,19). The molecule has 1 aromatic rings. The fourth-order valence-electron chi connectivity index (χ4n) is 1.53. The third-order valence-corrected chi connectivity index (χ3v) is 2.81. The molecule has 6 heteroatoms. The minimum absolute atomic E-state index is 0.195. The highest BCUT2D eigenvalue weighted by molar-refractivity contribution is 9.10. The first kappa shape index (κ1) is 17.2. The Bertz CT molecular complexity index is 589. The van der Waals surface area contributed by atoms with Crippen molar-refractivity contribution >= 4 is 33.5 Å². The van der Waals surface area contributed by atoms with Gasteiger partial charge in [-0.1, -0.05) is 15.9 Å². The van der Waals surface area contributed by atoms with Gasteiger partial charge in [-0.3, -0.25) is 4.79 Å². The monoisotopic (exact) mass is 354 g/mol. The molecule has 0 fully saturated rings. The fraction of sp³-hybridized carbons (Fsp3) is 0.333. The lowest BCUT2D eigenvalue weighted by Crippen LogP contribution is -2.39. The lowest BCUT2D eigenvalue weighted by Gasteiger charge is -2.19. The molecule has 1 aromatic carbocycles. The first-order chi connectivity index (χ1) is 9.58. The Labute approximate surface area is 132 Å². The maximum atomic E-state index is 12.0. The molecule has 0 atom stereocenters. The van der Waals surface area contributed by atoms with Crippen LogP contribution >= 0.6 is 15.9 Å². The van der Waals surface area contributed by atoms with Gasteiger partial charge in [-0.25, -0.2) is 4.79 Å². The van der Waals surface area contributed by atoms with Gasteiger partial charge in [-0.15, -0.1) is 0 Å². The van der Waals surface area contributed by atoms with Crippen LogP contribution in [-0.4, -0.2) is 17.4 Å². The van der Waals surface area contributed by atoms with Crippen LogP contribution in [0.25, 0.3) is 0 Å². The summed E-state index contributed by atoms with van der Waals surface area (Å²) >= 11 is 3.26. The van der Waals surface area contributed by atoms with Crippen LogP contribution in [0.4, 0.5) is 5.69 Å². The van der Waals surface area contributed by atoms with Gasteiger partial charge in [0.2, 0.25) is 5.91 Å². The Kier molecular flexibility index (Phi) is 5.54. The van der Waals surface area contributed by atoms with Crippen LogP contribution in [0.3, 0.4) is 0 Å². The van der Waals surface area contributed by atoms with E-state index in [4.69, 9.17) is 10.5 Å². The van der Waals surface area contributed by atoms with E-state index in [0.717, 1.165) is 4.47 Å². The van der Waals surface area contributed by atoms with Crippen molar-refractivity contribution in [2.24, 2.45) is 0 Å². The molecule has 3 N–H and O–H groups in total. The van der Waals surface area contributed by atoms with Gasteiger partial charge in [0.1, 0.15) is 5.76 Å². The predicted molar refractivity (Wildman–Crippen MR) is 85.6 cm³/mol. The van der Waals surface area contributed by atoms with Crippen LogP contribution in [-0.2, 0) is 9.53 Å². The van der Waals surface area contributed by atoms with Crippen molar-refractivity contribution in [2.45, 2.75) is 33.2 Å². The van der Waals surface area contributed by atoms with Crippen molar-refractivity contribution in [3.8, 4) is 0 Å². The van der Waals surface area contributed by atoms with Gasteiger partial charge >= 0.3 is 5.97 Å². The minimum atomic E-state index is -0.605. The topological polar surface area (TPSA) is 81.4 Å². The van der Waals surface area contributed by atoms with Gasteiger partial charge in [0, 0.05) is 21.8 Å². The summed E-state index contributed by atoms with van der Waals surface area (Å²) in [6, 6.07) is 4.90. The van der Waals surface area contributed by atoms with E-state index in [9.17, 15) is 9.59 Å². The number of hydrogen-bond acceptors (Lipinski definition) is 4. The number of amides is 1. The van der Waals surface area contributed by atoms with Crippen molar-refractivity contribution in [3.63, 3.8) is 0 Å². The highest BCUT2D eigenvalue weighted by Gasteiger charge is 2.15. The van der Waals surface area contributed by atoms with Crippen LogP contribution in [0, 0.1) is 0 Å². The second kappa shape index (κ2) is 6.76. The normalized spacial score (nSPS) is 12.0. The van der Waals surface area contributed by atoms with E-state index < -0.39 is 5.97 Å². The molecule has 1 amide bonds. The largest absolute Gasteiger partial charge is 0.428 e. The van der Waals surface area contributed by atoms with Crippen molar-refractivity contribution < 1.29 is 14.3 Å². The van der Waals surface area contributed by atoms with Gasteiger partial charge in [-0.05, 0) is 45.9 Å². The molecule has 1 rings (SSSR count). The van der Waals surface area contributed by atoms with Crippen molar-refractivity contribution in [1.29, 1.82) is 0 Å². The number of esters is 1. The summed E-state index contributed by atoms with van der Waals surface area (Å²) in [6.45, 7) is 7.13. The molecule has 0 saturated heterocycles. The summed E-state index contributed by atoms with van der Waals surface area (Å²) < 4.78 is 5.84. The molecule has 0 aliphatic heterocycles. The number of carbonyl (C=O) groups excluding carboxylic acids is 2. The number of nitrogens with two attached hydrogens (primary N) is 1. The second-order valence-electron chi connectivity index (χ2n) is 5.62. The third kappa shape index (κ3) is 5.99. The summed E-state index contributed by atoms with van der Waals surface area (Å²) in [4.78, 5) is 23.7. The molecular formula is C15H19BrN2O3. The van der Waals surface area contributed by atoms with E-state index in [-0.39, 0.29) is 22.8 Å². The number of nitrogens with one attached hydrogen (secondary N) is 1. The predicted octanol–water partition coefficient (Wildman–Crippen LogP) is 3.01. The highest BCUT2D eigenvalue weighted by Crippen LogP contribution is 2.20. The molecule has 0 aliphatic carbocycles. The molecule has 0 aromatic heterocycles. The number of hydrogen-bond donors (Lipinski definition) is 2. The van der Waals surface area contributed by atoms with Crippen molar-refractivity contribution in [3.05, 3.63) is 40.1 Å². The number of rotatable bonds is 3. The van der Waals surface area contributed by atoms with Crippen LogP contribution in [0.2, 0.25) is 0 Å². The van der Waals surface area contributed by atoms with Crippen molar-refractivity contribution in [1.82, 2.24) is 5.32 Å². The summed E-state index contributed by atoms with van der Waals surface area (Å²) in [5.74, 6) is -0.734. The molecule has 0 bridgehead atoms. The molecule has 5 nitrogen and oxygen atoms in total. The Morgan fingerprint density at radius 3 is 2.52 bits per heavy atom. The first-order valence-corrected chi connectivity index (χ1v) is 7.15. The van der Waals surface area contributed by atoms with E-state index >= 15 is 0 Å². The van der Waals surface area contributed by atoms with Crippen LogP contribution < -0.4 is 11.1 Å². The molecule has 0 unspecified atom stereocenters. The minimum Gasteiger partial charge on any atom is -0.428 e. The zero-order valence-electron chi connectivity index (χ0n) is 12.5. The summed E-state index contributed by atoms with van der Waals surface area (Å²) in [7, 11) is 0. The van der Waals surface area contributed by atoms with Gasteiger partial charge in [0.05, 0.1) is 5.56 Å². The van der Waals surface area contributed by atoms with Crippen LogP contribution in [0.5, 0.6) is 0 Å². The number of nitrogen functional groups attached to an aromatic ring is 1. The quantitative estimate of drug-likeness (QED) is 0.378. The maximum Gasteiger partial charge on any atom is 0.345 e. The fourth-order valence-corrected chi connectivity index (χ4v) is 1.89. The molecule has 114 valence electrons. The van der Waals surface area contributed by atoms with E-state index in [1.165, 1.54) is 13.0 Å². The molecule has 0 spiro atoms. The van der Waals surface area contributed by atoms with Gasteiger partial charge in [0.15, 0.2) is 0 Å². The number of benzene rings is 1. The van der Waals surface area contributed by atoms with E-state index in [1.54, 1.807) is 18.2 Å². The third-order valence-electron chi connectivity index (χ3n) is 2.32. The molecular weight excluding hydrogens is 336 g/mol. The lowest BCUT2D eigenvalue weighted by molar-refractivity contribution is -0.117. The summed E-state index contributed by atoms with van der Waals surface area (Å²) in [5, 5.41) is 2.74. The van der Waals surface area contributed by atoms with Gasteiger partial charge in [-0.2, -0.15) is 0 Å². The number of carbonyl (C=O) groups is 2. The summed E-state index contributed by atoms with van der Waals surface area (Å²) in [6.07, 6.45) is 1.23. The first-order valence-electron chi connectivity index (χ1n) is 6.36. The number of halogens is 1. The van der Waals surface area contributed by atoms with E-state index in [1.807, 2.05) is 20.8 Å². The highest BCUT2D eigenvalue weighted by atomic mass is 79.9. The van der Waals surface area contributed by atoms with E-state index in [2.05, 4.69) is 21.2 Å². The molecule has 0 heterocycles. The summed E-state index contributed by atoms with van der Waals surface area (Å²) in [5.41, 5.74) is 5.93. The SMILES string of the molecule is CC(=CC(=O)NC(C)(C)C)OC(=O)c1cc(Br)ccc1N. The average molecular weight is 355 g/mol. The zero-order valence-corrected chi connectivity index (χ0v) is 14.1. The number of allylic oxidation sites excluding steroid dienone is 1. The Morgan fingerprint density at radius 1 is 1.33 bits per heavy atom. The Hall–Kier alpha value is -1.82. The second-order valence-corrected chi connectivity index (χ2v) is 6.53. The van der Waals surface area contributed by atoms with Crippen LogP contribution in [0.1, 0.15) is 38.1 Å². The molecule has 0 radical (unpaired) electrons. The number of anilines is 1. The van der Waals surface area contributed by atoms with Gasteiger partial charge in [0.25, 0.3) is 0 Å². The Balaban J connectivity index is 2.78. The number of ether oxygens (including phenoxy) is 1. The molecule has 0 saturated carbocycles. The van der Waals surface area contributed by atoms with E-state index in [0.29, 0.717) is 5.69 Å². The lowest BCUT2D eigenvalue weighted by atomic mass is 10.1. The maximum absolute atomic E-state index is 12.0. The Morgan fingerprint density at radius 2 is 1.95 bits per heavy atom. The molecule has 0 aliphatic rings. The van der Waals surface area contributed by atoms with Gasteiger partial charge < -0.3 is 15.8 Å². The smallest absolute Gasteiger partial charge is 0.345 e. The van der Waals surface area contributed by atoms with Crippen molar-refractivity contribution in [2.75, 3.05) is 5.73 Å². The van der Waals surface area contributed by atoms with Crippen LogP contribution in [0.15, 0.2) is 34.5 Å². The molecule has 21 heavy (non-hydrogen) atoms. The zero-order chi connectivity index (χ0) is 16.2.